The summed E-state index contributed by atoms with van der Waals surface area (Å²) in [4.78, 5) is 10.6. The van der Waals surface area contributed by atoms with Crippen molar-refractivity contribution in [1.82, 2.24) is 15.0 Å². The van der Waals surface area contributed by atoms with E-state index in [0.717, 1.165) is 6.07 Å². The maximum atomic E-state index is 13.3. The van der Waals surface area contributed by atoms with Crippen molar-refractivity contribution in [1.29, 1.82) is 0 Å². The molecule has 0 fully saturated rings. The second-order valence-corrected chi connectivity index (χ2v) is 4.19. The summed E-state index contributed by atoms with van der Waals surface area (Å²) in [5.74, 6) is -1.29. The van der Waals surface area contributed by atoms with Crippen molar-refractivity contribution in [2.45, 2.75) is 6.18 Å². The van der Waals surface area contributed by atoms with E-state index in [-0.39, 0.29) is 11.6 Å². The van der Waals surface area contributed by atoms with Crippen LogP contribution in [0, 0.1) is 5.82 Å². The Bertz CT molecular complexity index is 797. The Morgan fingerprint density at radius 3 is 2.67 bits per heavy atom. The minimum atomic E-state index is -4.66. The van der Waals surface area contributed by atoms with E-state index in [2.05, 4.69) is 15.0 Å². The van der Waals surface area contributed by atoms with Gasteiger partial charge in [0.2, 0.25) is 5.88 Å². The molecule has 0 radical (unpaired) electrons. The Morgan fingerprint density at radius 2 is 1.90 bits per heavy atom. The molecule has 4 nitrogen and oxygen atoms in total. The highest BCUT2D eigenvalue weighted by molar-refractivity contribution is 5.80. The normalized spacial score (nSPS) is 11.8. The van der Waals surface area contributed by atoms with Gasteiger partial charge in [0.1, 0.15) is 23.5 Å². The van der Waals surface area contributed by atoms with Crippen LogP contribution in [-0.4, -0.2) is 15.0 Å². The number of halogens is 4. The fourth-order valence-corrected chi connectivity index (χ4v) is 1.83. The maximum absolute atomic E-state index is 13.3. The fraction of sp³-hybridized carbons (Fsp3) is 0.0769. The first-order chi connectivity index (χ1) is 9.93. The molecule has 0 amide bonds. The van der Waals surface area contributed by atoms with Crippen LogP contribution in [0.4, 0.5) is 17.6 Å². The molecule has 8 heteroatoms. The van der Waals surface area contributed by atoms with Gasteiger partial charge in [-0.25, -0.2) is 14.4 Å². The number of ether oxygens (including phenoxy) is 1. The summed E-state index contributed by atoms with van der Waals surface area (Å²) in [7, 11) is 0. The number of nitrogens with one attached hydrogen (secondary N) is 1. The van der Waals surface area contributed by atoms with Crippen LogP contribution in [0.3, 0.4) is 0 Å². The lowest BCUT2D eigenvalue weighted by Gasteiger charge is -2.10. The van der Waals surface area contributed by atoms with E-state index in [1.807, 2.05) is 0 Å². The number of aromatic nitrogens is 3. The Hall–Kier alpha value is -2.64. The standard InChI is InChI=1S/C13H7F4N3O/c14-8-3-7(13(15,16)17)4-9(5-8)21-12-10-1-2-18-11(10)19-6-20-12/h1-6H,(H,18,19,20). The molecule has 21 heavy (non-hydrogen) atoms. The number of aromatic amines is 1. The van der Waals surface area contributed by atoms with Gasteiger partial charge in [-0.3, -0.25) is 0 Å². The van der Waals surface area contributed by atoms with Gasteiger partial charge >= 0.3 is 6.18 Å². The van der Waals surface area contributed by atoms with Crippen LogP contribution in [0.15, 0.2) is 36.8 Å². The third kappa shape index (κ3) is 2.64. The SMILES string of the molecule is Fc1cc(Oc2ncnc3[nH]ccc23)cc(C(F)(F)F)c1. The summed E-state index contributed by atoms with van der Waals surface area (Å²) in [5.41, 5.74) is -0.663. The number of fused-ring (bicyclic) bond motifs is 1. The Balaban J connectivity index is 2.02. The zero-order chi connectivity index (χ0) is 15.0. The second kappa shape index (κ2) is 4.72. The first-order valence-electron chi connectivity index (χ1n) is 5.77. The van der Waals surface area contributed by atoms with Crippen LogP contribution in [0.5, 0.6) is 11.6 Å². The second-order valence-electron chi connectivity index (χ2n) is 4.19. The van der Waals surface area contributed by atoms with Crippen LogP contribution >= 0.6 is 0 Å². The zero-order valence-corrected chi connectivity index (χ0v) is 10.3. The molecule has 0 aliphatic carbocycles. The van der Waals surface area contributed by atoms with Gasteiger partial charge in [0, 0.05) is 12.3 Å². The molecule has 0 unspecified atom stereocenters. The molecule has 0 spiro atoms. The molecule has 3 aromatic rings. The van der Waals surface area contributed by atoms with Crippen molar-refractivity contribution in [2.24, 2.45) is 0 Å². The summed E-state index contributed by atoms with van der Waals surface area (Å²) >= 11 is 0. The number of H-pyrrole nitrogens is 1. The summed E-state index contributed by atoms with van der Waals surface area (Å²) < 4.78 is 56.5. The van der Waals surface area contributed by atoms with E-state index in [1.54, 1.807) is 12.3 Å². The third-order valence-corrected chi connectivity index (χ3v) is 2.73. The number of hydrogen-bond donors (Lipinski definition) is 1. The molecule has 0 aliphatic rings. The number of rotatable bonds is 2. The molecular weight excluding hydrogens is 290 g/mol. The lowest BCUT2D eigenvalue weighted by Crippen LogP contribution is -2.05. The van der Waals surface area contributed by atoms with Crippen molar-refractivity contribution in [3.05, 3.63) is 48.2 Å². The molecular formula is C13H7F4N3O. The average Bonchev–Trinajstić information content (AvgIpc) is 2.86. The first kappa shape index (κ1) is 13.3. The monoisotopic (exact) mass is 297 g/mol. The Labute approximate surface area is 115 Å². The van der Waals surface area contributed by atoms with Gasteiger partial charge in [-0.2, -0.15) is 13.2 Å². The van der Waals surface area contributed by atoms with Gasteiger partial charge in [-0.15, -0.1) is 0 Å². The van der Waals surface area contributed by atoms with E-state index in [4.69, 9.17) is 4.74 Å². The Kier molecular flexibility index (Phi) is 3.00. The summed E-state index contributed by atoms with van der Waals surface area (Å²) in [6.07, 6.45) is -1.88. The molecule has 108 valence electrons. The Morgan fingerprint density at radius 1 is 1.10 bits per heavy atom. The number of benzene rings is 1. The van der Waals surface area contributed by atoms with Gasteiger partial charge in [0.15, 0.2) is 0 Å². The minimum absolute atomic E-state index is 0.0416. The lowest BCUT2D eigenvalue weighted by molar-refractivity contribution is -0.137. The van der Waals surface area contributed by atoms with E-state index in [1.165, 1.54) is 6.33 Å². The summed E-state index contributed by atoms with van der Waals surface area (Å²) in [6, 6.07) is 3.58. The molecule has 2 heterocycles. The van der Waals surface area contributed by atoms with Crippen LogP contribution in [-0.2, 0) is 6.18 Å². The molecule has 0 saturated heterocycles. The zero-order valence-electron chi connectivity index (χ0n) is 10.3. The van der Waals surface area contributed by atoms with E-state index >= 15 is 0 Å². The lowest BCUT2D eigenvalue weighted by atomic mass is 10.2. The van der Waals surface area contributed by atoms with Crippen molar-refractivity contribution >= 4 is 11.0 Å². The number of alkyl halides is 3. The topological polar surface area (TPSA) is 50.8 Å². The number of nitrogens with zero attached hydrogens (tertiary/aromatic N) is 2. The van der Waals surface area contributed by atoms with Gasteiger partial charge in [0.25, 0.3) is 0 Å². The van der Waals surface area contributed by atoms with E-state index in [9.17, 15) is 17.6 Å². The van der Waals surface area contributed by atoms with Gasteiger partial charge in [-0.1, -0.05) is 0 Å². The van der Waals surface area contributed by atoms with Gasteiger partial charge in [0.05, 0.1) is 10.9 Å². The molecule has 0 aliphatic heterocycles. The average molecular weight is 297 g/mol. The van der Waals surface area contributed by atoms with Gasteiger partial charge < -0.3 is 9.72 Å². The highest BCUT2D eigenvalue weighted by atomic mass is 19.4. The van der Waals surface area contributed by atoms with Gasteiger partial charge in [-0.05, 0) is 18.2 Å². The highest BCUT2D eigenvalue weighted by Crippen LogP contribution is 2.34. The molecule has 1 aromatic carbocycles. The predicted molar refractivity (Wildman–Crippen MR) is 65.4 cm³/mol. The maximum Gasteiger partial charge on any atom is 0.416 e. The quantitative estimate of drug-likeness (QED) is 0.730. The van der Waals surface area contributed by atoms with Crippen LogP contribution < -0.4 is 4.74 Å². The summed E-state index contributed by atoms with van der Waals surface area (Å²) in [6.45, 7) is 0. The van der Waals surface area contributed by atoms with Crippen LogP contribution in [0.2, 0.25) is 0 Å². The van der Waals surface area contributed by atoms with Crippen LogP contribution in [0.25, 0.3) is 11.0 Å². The summed E-state index contributed by atoms with van der Waals surface area (Å²) in [5, 5.41) is 0.482. The predicted octanol–water partition coefficient (Wildman–Crippen LogP) is 3.91. The first-order valence-corrected chi connectivity index (χ1v) is 5.77. The van der Waals surface area contributed by atoms with E-state index in [0.29, 0.717) is 23.2 Å². The van der Waals surface area contributed by atoms with Crippen molar-refractivity contribution in [2.75, 3.05) is 0 Å². The largest absolute Gasteiger partial charge is 0.438 e. The van der Waals surface area contributed by atoms with Crippen molar-refractivity contribution in [3.63, 3.8) is 0 Å². The molecule has 0 saturated carbocycles. The fourth-order valence-electron chi connectivity index (χ4n) is 1.83. The van der Waals surface area contributed by atoms with E-state index < -0.39 is 17.6 Å². The molecule has 2 aromatic heterocycles. The van der Waals surface area contributed by atoms with Crippen molar-refractivity contribution < 1.29 is 22.3 Å². The molecule has 1 N–H and O–H groups in total. The molecule has 0 atom stereocenters. The molecule has 0 bridgehead atoms. The smallest absolute Gasteiger partial charge is 0.416 e. The number of hydrogen-bond acceptors (Lipinski definition) is 3. The van der Waals surface area contributed by atoms with Crippen molar-refractivity contribution in [3.8, 4) is 11.6 Å². The minimum Gasteiger partial charge on any atom is -0.438 e. The third-order valence-electron chi connectivity index (χ3n) is 2.73. The van der Waals surface area contributed by atoms with Crippen LogP contribution in [0.1, 0.15) is 5.56 Å². The molecule has 3 rings (SSSR count). The highest BCUT2D eigenvalue weighted by Gasteiger charge is 2.31.